The number of nitrogens with two attached hydrogens (primary N) is 1. The molecule has 0 saturated heterocycles. The van der Waals surface area contributed by atoms with Crippen LogP contribution in [0.4, 0.5) is 10.1 Å². The van der Waals surface area contributed by atoms with Gasteiger partial charge in [-0.1, -0.05) is 24.3 Å². The molecule has 0 spiro atoms. The van der Waals surface area contributed by atoms with Gasteiger partial charge in [-0.05, 0) is 25.1 Å². The number of para-hydroxylation sites is 1. The Morgan fingerprint density at radius 1 is 1.29 bits per heavy atom. The van der Waals surface area contributed by atoms with E-state index in [2.05, 4.69) is 5.32 Å². The summed E-state index contributed by atoms with van der Waals surface area (Å²) in [5, 5.41) is 2.68. The molecule has 1 atom stereocenters. The fourth-order valence-corrected chi connectivity index (χ4v) is 1.83. The van der Waals surface area contributed by atoms with Crippen molar-refractivity contribution in [3.63, 3.8) is 0 Å². The Labute approximate surface area is 122 Å². The van der Waals surface area contributed by atoms with Gasteiger partial charge in [0.15, 0.2) is 6.61 Å². The summed E-state index contributed by atoms with van der Waals surface area (Å²) in [7, 11) is 0. The second-order valence-electron chi connectivity index (χ2n) is 4.67. The molecule has 2 aromatic carbocycles. The summed E-state index contributed by atoms with van der Waals surface area (Å²) in [6.07, 6.45) is 0. The lowest BCUT2D eigenvalue weighted by Gasteiger charge is -2.10. The molecule has 21 heavy (non-hydrogen) atoms. The van der Waals surface area contributed by atoms with Crippen molar-refractivity contribution in [2.45, 2.75) is 13.0 Å². The van der Waals surface area contributed by atoms with Gasteiger partial charge in [0.2, 0.25) is 0 Å². The van der Waals surface area contributed by atoms with E-state index in [1.807, 2.05) is 18.2 Å². The minimum absolute atomic E-state index is 0.189. The zero-order valence-corrected chi connectivity index (χ0v) is 11.7. The van der Waals surface area contributed by atoms with Crippen LogP contribution in [-0.2, 0) is 4.79 Å². The Kier molecular flexibility index (Phi) is 4.90. The Balaban J connectivity index is 1.91. The molecule has 2 rings (SSSR count). The Bertz CT molecular complexity index is 615. The van der Waals surface area contributed by atoms with Gasteiger partial charge in [0.25, 0.3) is 5.91 Å². The van der Waals surface area contributed by atoms with Crippen LogP contribution < -0.4 is 15.8 Å². The van der Waals surface area contributed by atoms with E-state index >= 15 is 0 Å². The van der Waals surface area contributed by atoms with Crippen molar-refractivity contribution in [3.05, 3.63) is 59.9 Å². The molecule has 0 fully saturated rings. The number of ether oxygens (including phenoxy) is 1. The summed E-state index contributed by atoms with van der Waals surface area (Å²) < 4.78 is 19.0. The molecule has 5 heteroatoms. The first-order chi connectivity index (χ1) is 10.1. The van der Waals surface area contributed by atoms with Crippen LogP contribution in [0.15, 0.2) is 48.5 Å². The first-order valence-electron chi connectivity index (χ1n) is 6.59. The maximum atomic E-state index is 13.7. The average Bonchev–Trinajstić information content (AvgIpc) is 2.46. The lowest BCUT2D eigenvalue weighted by molar-refractivity contribution is -0.118. The second kappa shape index (κ2) is 6.85. The molecular formula is C16H17FN2O2. The van der Waals surface area contributed by atoms with E-state index in [1.54, 1.807) is 31.2 Å². The lowest BCUT2D eigenvalue weighted by Crippen LogP contribution is -2.20. The smallest absolute Gasteiger partial charge is 0.262 e. The summed E-state index contributed by atoms with van der Waals surface area (Å²) in [4.78, 5) is 11.7. The normalized spacial score (nSPS) is 11.8. The van der Waals surface area contributed by atoms with Crippen LogP contribution in [0.3, 0.4) is 0 Å². The van der Waals surface area contributed by atoms with Crippen molar-refractivity contribution in [3.8, 4) is 5.75 Å². The van der Waals surface area contributed by atoms with Gasteiger partial charge in [-0.15, -0.1) is 0 Å². The maximum absolute atomic E-state index is 13.7. The van der Waals surface area contributed by atoms with Crippen LogP contribution in [-0.4, -0.2) is 12.5 Å². The van der Waals surface area contributed by atoms with E-state index in [0.29, 0.717) is 17.0 Å². The van der Waals surface area contributed by atoms with Crippen LogP contribution in [0.2, 0.25) is 0 Å². The van der Waals surface area contributed by atoms with Crippen LogP contribution in [0.25, 0.3) is 0 Å². The highest BCUT2D eigenvalue weighted by atomic mass is 19.1. The molecule has 4 nitrogen and oxygen atoms in total. The van der Waals surface area contributed by atoms with E-state index < -0.39 is 5.82 Å². The highest BCUT2D eigenvalue weighted by Gasteiger charge is 2.09. The number of hydrogen-bond donors (Lipinski definition) is 2. The van der Waals surface area contributed by atoms with Gasteiger partial charge in [0.05, 0.1) is 0 Å². The molecular weight excluding hydrogens is 271 g/mol. The highest BCUT2D eigenvalue weighted by Crippen LogP contribution is 2.20. The summed E-state index contributed by atoms with van der Waals surface area (Å²) in [5.74, 6) is -0.455. The number of rotatable bonds is 5. The first kappa shape index (κ1) is 15.0. The minimum Gasteiger partial charge on any atom is -0.484 e. The molecule has 110 valence electrons. The molecule has 0 aromatic heterocycles. The van der Waals surface area contributed by atoms with Gasteiger partial charge < -0.3 is 15.8 Å². The molecule has 2 aromatic rings. The van der Waals surface area contributed by atoms with E-state index in [0.717, 1.165) is 0 Å². The van der Waals surface area contributed by atoms with E-state index in [1.165, 1.54) is 6.07 Å². The van der Waals surface area contributed by atoms with Gasteiger partial charge in [0.1, 0.15) is 11.6 Å². The molecule has 0 unspecified atom stereocenters. The summed E-state index contributed by atoms with van der Waals surface area (Å²) >= 11 is 0. The third-order valence-electron chi connectivity index (χ3n) is 2.89. The number of carbonyl (C=O) groups is 1. The molecule has 0 saturated carbocycles. The molecule has 0 aliphatic heterocycles. The van der Waals surface area contributed by atoms with Crippen molar-refractivity contribution >= 4 is 11.6 Å². The highest BCUT2D eigenvalue weighted by molar-refractivity contribution is 5.91. The van der Waals surface area contributed by atoms with Crippen LogP contribution in [0, 0.1) is 5.82 Å². The Morgan fingerprint density at radius 3 is 2.62 bits per heavy atom. The average molecular weight is 288 g/mol. The van der Waals surface area contributed by atoms with Crippen molar-refractivity contribution in [1.29, 1.82) is 0 Å². The van der Waals surface area contributed by atoms with Gasteiger partial charge in [-0.2, -0.15) is 0 Å². The van der Waals surface area contributed by atoms with E-state index in [-0.39, 0.29) is 18.6 Å². The lowest BCUT2D eigenvalue weighted by atomic mass is 10.1. The predicted octanol–water partition coefficient (Wildman–Crippen LogP) is 2.86. The number of nitrogens with one attached hydrogen (secondary N) is 1. The van der Waals surface area contributed by atoms with E-state index in [4.69, 9.17) is 10.5 Å². The van der Waals surface area contributed by atoms with Gasteiger partial charge >= 0.3 is 0 Å². The van der Waals surface area contributed by atoms with Crippen molar-refractivity contribution < 1.29 is 13.9 Å². The maximum Gasteiger partial charge on any atom is 0.262 e. The minimum atomic E-state index is -0.439. The number of benzene rings is 2. The predicted molar refractivity (Wildman–Crippen MR) is 79.6 cm³/mol. The number of anilines is 1. The molecule has 0 aliphatic carbocycles. The third kappa shape index (κ3) is 4.29. The van der Waals surface area contributed by atoms with Crippen LogP contribution in [0.5, 0.6) is 5.75 Å². The fourth-order valence-electron chi connectivity index (χ4n) is 1.83. The van der Waals surface area contributed by atoms with Crippen LogP contribution in [0.1, 0.15) is 18.5 Å². The second-order valence-corrected chi connectivity index (χ2v) is 4.67. The quantitative estimate of drug-likeness (QED) is 0.889. The molecule has 1 amide bonds. The standard InChI is InChI=1S/C16H17FN2O2/c1-11(18)14-8-7-13(9-15(14)17)21-10-16(20)19-12-5-3-2-4-6-12/h2-9,11H,10,18H2,1H3,(H,19,20)/t11-/m0/s1. The topological polar surface area (TPSA) is 64.3 Å². The van der Waals surface area contributed by atoms with Gasteiger partial charge in [0, 0.05) is 23.4 Å². The van der Waals surface area contributed by atoms with Crippen molar-refractivity contribution in [2.24, 2.45) is 5.73 Å². The van der Waals surface area contributed by atoms with Crippen LogP contribution >= 0.6 is 0 Å². The number of amides is 1. The SMILES string of the molecule is C[C@H](N)c1ccc(OCC(=O)Nc2ccccc2)cc1F. The zero-order valence-electron chi connectivity index (χ0n) is 11.7. The number of halogens is 1. The molecule has 0 heterocycles. The van der Waals surface area contributed by atoms with Gasteiger partial charge in [-0.25, -0.2) is 4.39 Å². The Morgan fingerprint density at radius 2 is 2.00 bits per heavy atom. The summed E-state index contributed by atoms with van der Waals surface area (Å²) in [5.41, 5.74) is 6.73. The van der Waals surface area contributed by atoms with E-state index in [9.17, 15) is 9.18 Å². The molecule has 0 radical (unpaired) electrons. The van der Waals surface area contributed by atoms with Crippen molar-refractivity contribution in [1.82, 2.24) is 0 Å². The largest absolute Gasteiger partial charge is 0.484 e. The number of carbonyl (C=O) groups excluding carboxylic acids is 1. The Hall–Kier alpha value is -2.40. The van der Waals surface area contributed by atoms with Gasteiger partial charge in [-0.3, -0.25) is 4.79 Å². The summed E-state index contributed by atoms with van der Waals surface area (Å²) in [6.45, 7) is 1.51. The molecule has 0 bridgehead atoms. The monoisotopic (exact) mass is 288 g/mol. The zero-order chi connectivity index (χ0) is 15.2. The first-order valence-corrected chi connectivity index (χ1v) is 6.59. The molecule has 3 N–H and O–H groups in total. The molecule has 0 aliphatic rings. The third-order valence-corrected chi connectivity index (χ3v) is 2.89. The fraction of sp³-hybridized carbons (Fsp3) is 0.188. The summed E-state index contributed by atoms with van der Waals surface area (Å²) in [6, 6.07) is 13.0. The number of hydrogen-bond acceptors (Lipinski definition) is 3. The van der Waals surface area contributed by atoms with Crippen molar-refractivity contribution in [2.75, 3.05) is 11.9 Å².